The number of aryl methyl sites for hydroxylation is 1. The van der Waals surface area contributed by atoms with E-state index >= 15 is 0 Å². The molecule has 0 amide bonds. The van der Waals surface area contributed by atoms with Crippen molar-refractivity contribution >= 4 is 67.8 Å². The van der Waals surface area contributed by atoms with Crippen LogP contribution >= 0.6 is 11.6 Å². The van der Waals surface area contributed by atoms with Crippen molar-refractivity contribution in [2.75, 3.05) is 11.0 Å². The molecule has 8 heteroatoms. The van der Waals surface area contributed by atoms with Gasteiger partial charge < -0.3 is 4.57 Å². The van der Waals surface area contributed by atoms with E-state index in [9.17, 15) is 13.2 Å². The molecule has 0 aliphatic carbocycles. The zero-order valence-electron chi connectivity index (χ0n) is 9.77. The van der Waals surface area contributed by atoms with Crippen LogP contribution in [0, 0.1) is 0 Å². The van der Waals surface area contributed by atoms with Crippen molar-refractivity contribution in [2.45, 2.75) is 0 Å². The van der Waals surface area contributed by atoms with Crippen molar-refractivity contribution in [3.05, 3.63) is 39.6 Å². The number of nitrogens with zero attached hydrogens (tertiary/aromatic N) is 1. The third kappa shape index (κ3) is 3.73. The van der Waals surface area contributed by atoms with Crippen LogP contribution < -0.4 is 10.2 Å². The molecule has 0 fully saturated rings. The monoisotopic (exact) mass is 310 g/mol. The van der Waals surface area contributed by atoms with Crippen molar-refractivity contribution in [1.29, 1.82) is 0 Å². The average Bonchev–Trinajstić information content (AvgIpc) is 2.23. The third-order valence-corrected chi connectivity index (χ3v) is 3.27. The van der Waals surface area contributed by atoms with Crippen LogP contribution in [0.2, 0.25) is 5.02 Å². The molecule has 19 heavy (non-hydrogen) atoms. The molecule has 0 atom stereocenters. The predicted molar refractivity (Wildman–Crippen MR) is 79.8 cm³/mol. The fraction of sp³-hybridized carbons (Fsp3) is 0.182. The van der Waals surface area contributed by atoms with Crippen LogP contribution in [-0.2, 0) is 17.1 Å². The Labute approximate surface area is 137 Å². The summed E-state index contributed by atoms with van der Waals surface area (Å²) in [7, 11) is -1.77. The average molecular weight is 311 g/mol. The number of halogens is 1. The minimum absolute atomic E-state index is 0. The van der Waals surface area contributed by atoms with E-state index in [-0.39, 0.29) is 40.7 Å². The Morgan fingerprint density at radius 3 is 2.53 bits per heavy atom. The summed E-state index contributed by atoms with van der Waals surface area (Å²) < 4.78 is 26.2. The van der Waals surface area contributed by atoms with Gasteiger partial charge in [0.15, 0.2) is 0 Å². The summed E-state index contributed by atoms with van der Waals surface area (Å²) in [6.45, 7) is 0. The van der Waals surface area contributed by atoms with E-state index in [1.807, 2.05) is 0 Å². The Morgan fingerprint density at radius 2 is 1.95 bits per heavy atom. The molecular formula is C11H12ClN2NaO3S. The van der Waals surface area contributed by atoms with Gasteiger partial charge >= 0.3 is 29.6 Å². The Bertz CT molecular complexity index is 786. The van der Waals surface area contributed by atoms with Crippen molar-refractivity contribution in [3.8, 4) is 0 Å². The second-order valence-corrected chi connectivity index (χ2v) is 6.20. The Hall–Kier alpha value is -0.530. The summed E-state index contributed by atoms with van der Waals surface area (Å²) in [6, 6.07) is 4.82. The topological polar surface area (TPSA) is 68.2 Å². The van der Waals surface area contributed by atoms with Gasteiger partial charge in [0.25, 0.3) is 0 Å². The number of aromatic nitrogens is 1. The first kappa shape index (κ1) is 16.5. The quantitative estimate of drug-likeness (QED) is 0.839. The minimum atomic E-state index is -3.48. The molecule has 0 aliphatic rings. The number of fused-ring (bicyclic) bond motifs is 1. The van der Waals surface area contributed by atoms with Crippen LogP contribution in [0.25, 0.3) is 10.9 Å². The molecule has 0 aliphatic heterocycles. The maximum atomic E-state index is 12.1. The molecule has 1 aromatic carbocycles. The molecule has 0 saturated carbocycles. The molecule has 0 bridgehead atoms. The summed E-state index contributed by atoms with van der Waals surface area (Å²) in [5, 5.41) is 0.928. The van der Waals surface area contributed by atoms with E-state index in [1.54, 1.807) is 29.8 Å². The van der Waals surface area contributed by atoms with E-state index in [0.717, 1.165) is 6.26 Å². The summed E-state index contributed by atoms with van der Waals surface area (Å²) in [4.78, 5) is 12.1. The van der Waals surface area contributed by atoms with Crippen molar-refractivity contribution in [3.63, 3.8) is 0 Å². The molecule has 1 N–H and O–H groups in total. The van der Waals surface area contributed by atoms with Crippen LogP contribution in [-0.4, -0.2) is 48.8 Å². The van der Waals surface area contributed by atoms with Gasteiger partial charge in [0.2, 0.25) is 15.5 Å². The number of pyridine rings is 1. The van der Waals surface area contributed by atoms with Crippen molar-refractivity contribution in [2.24, 2.45) is 7.05 Å². The van der Waals surface area contributed by atoms with Gasteiger partial charge in [-0.15, -0.1) is 0 Å². The summed E-state index contributed by atoms with van der Waals surface area (Å²) in [5.74, 6) is 0. The van der Waals surface area contributed by atoms with E-state index in [4.69, 9.17) is 11.6 Å². The van der Waals surface area contributed by atoms with Gasteiger partial charge in [-0.25, -0.2) is 8.42 Å². The number of sulfonamides is 1. The summed E-state index contributed by atoms with van der Waals surface area (Å²) >= 11 is 5.86. The van der Waals surface area contributed by atoms with Crippen LogP contribution in [0.15, 0.2) is 29.2 Å². The first-order valence-electron chi connectivity index (χ1n) is 5.04. The Balaban J connectivity index is 0.00000180. The fourth-order valence-corrected chi connectivity index (χ4v) is 2.44. The second-order valence-electron chi connectivity index (χ2n) is 4.02. The number of rotatable bonds is 2. The number of anilines is 1. The molecule has 0 unspecified atom stereocenters. The van der Waals surface area contributed by atoms with E-state index in [2.05, 4.69) is 4.72 Å². The van der Waals surface area contributed by atoms with Gasteiger partial charge in [0.05, 0.1) is 11.8 Å². The van der Waals surface area contributed by atoms with Crippen LogP contribution in [0.1, 0.15) is 0 Å². The van der Waals surface area contributed by atoms with Gasteiger partial charge in [0.1, 0.15) is 5.69 Å². The predicted octanol–water partition coefficient (Wildman–Crippen LogP) is 0.915. The van der Waals surface area contributed by atoms with Gasteiger partial charge in [-0.3, -0.25) is 9.52 Å². The van der Waals surface area contributed by atoms with Crippen LogP contribution in [0.3, 0.4) is 0 Å². The maximum absolute atomic E-state index is 12.1. The van der Waals surface area contributed by atoms with Crippen LogP contribution in [0.4, 0.5) is 5.69 Å². The molecule has 0 saturated heterocycles. The SMILES string of the molecule is Cn1cc(NS(C)(=O)=O)c(=O)c2ccc(Cl)cc21.[NaH]. The van der Waals surface area contributed by atoms with Gasteiger partial charge in [-0.1, -0.05) is 11.6 Å². The number of nitrogens with one attached hydrogen (secondary N) is 1. The molecule has 5 nitrogen and oxygen atoms in total. The van der Waals surface area contributed by atoms with E-state index in [0.29, 0.717) is 15.9 Å². The molecular weight excluding hydrogens is 299 g/mol. The molecule has 2 rings (SSSR count). The standard InChI is InChI=1S/C11H11ClN2O3S.Na.H/c1-14-6-9(13-18(2,16)17)11(15)8-4-3-7(12)5-10(8)14;;/h3-6,13H,1-2H3;;. The normalized spacial score (nSPS) is 11.1. The summed E-state index contributed by atoms with van der Waals surface area (Å²) in [5.41, 5.74) is 0.298. The number of hydrogen-bond acceptors (Lipinski definition) is 3. The number of benzene rings is 1. The molecule has 0 radical (unpaired) electrons. The molecule has 1 aromatic heterocycles. The summed E-state index contributed by atoms with van der Waals surface area (Å²) in [6.07, 6.45) is 2.43. The van der Waals surface area contributed by atoms with Crippen molar-refractivity contribution in [1.82, 2.24) is 4.57 Å². The van der Waals surface area contributed by atoms with Crippen molar-refractivity contribution < 1.29 is 8.42 Å². The number of hydrogen-bond donors (Lipinski definition) is 1. The zero-order chi connectivity index (χ0) is 13.5. The first-order valence-corrected chi connectivity index (χ1v) is 7.31. The van der Waals surface area contributed by atoms with Gasteiger partial charge in [-0.2, -0.15) is 0 Å². The second kappa shape index (κ2) is 5.85. The zero-order valence-corrected chi connectivity index (χ0v) is 11.3. The molecule has 1 heterocycles. The van der Waals surface area contributed by atoms with Gasteiger partial charge in [-0.05, 0) is 18.2 Å². The van der Waals surface area contributed by atoms with E-state index < -0.39 is 10.0 Å². The van der Waals surface area contributed by atoms with Gasteiger partial charge in [0, 0.05) is 23.7 Å². The van der Waals surface area contributed by atoms with Crippen LogP contribution in [0.5, 0.6) is 0 Å². The third-order valence-electron chi connectivity index (χ3n) is 2.45. The molecule has 98 valence electrons. The first-order chi connectivity index (χ1) is 8.28. The Morgan fingerprint density at radius 1 is 1.32 bits per heavy atom. The van der Waals surface area contributed by atoms with E-state index in [1.165, 1.54) is 6.20 Å². The molecule has 0 spiro atoms. The Kier molecular flexibility index (Phi) is 5.08. The fourth-order valence-electron chi connectivity index (χ4n) is 1.73. The molecule has 2 aromatic rings.